The molecule has 2 amide bonds. The summed E-state index contributed by atoms with van der Waals surface area (Å²) in [6.07, 6.45) is 1.97. The lowest BCUT2D eigenvalue weighted by atomic mass is 10.2. The summed E-state index contributed by atoms with van der Waals surface area (Å²) < 4.78 is 10.4. The summed E-state index contributed by atoms with van der Waals surface area (Å²) in [6, 6.07) is 14.7. The number of aromatic nitrogens is 2. The molecule has 154 valence electrons. The Hall–Kier alpha value is -3.68. The van der Waals surface area contributed by atoms with Gasteiger partial charge in [-0.05, 0) is 48.9 Å². The van der Waals surface area contributed by atoms with E-state index in [1.54, 1.807) is 18.1 Å². The summed E-state index contributed by atoms with van der Waals surface area (Å²) in [5.74, 6) is 1.56. The molecule has 8 nitrogen and oxygen atoms in total. The number of aryl methyl sites for hydroxylation is 1. The Morgan fingerprint density at radius 3 is 2.80 bits per heavy atom. The Kier molecular flexibility index (Phi) is 5.74. The molecule has 2 heterocycles. The van der Waals surface area contributed by atoms with Crippen molar-refractivity contribution in [3.63, 3.8) is 0 Å². The van der Waals surface area contributed by atoms with Gasteiger partial charge in [0.15, 0.2) is 0 Å². The minimum atomic E-state index is -0.163. The minimum Gasteiger partial charge on any atom is -0.497 e. The van der Waals surface area contributed by atoms with Crippen LogP contribution >= 0.6 is 0 Å². The average molecular weight is 406 g/mol. The second kappa shape index (κ2) is 8.77. The van der Waals surface area contributed by atoms with Crippen molar-refractivity contribution in [3.8, 4) is 17.1 Å². The molecule has 0 spiro atoms. The molecule has 0 atom stereocenters. The number of benzene rings is 2. The number of nitrogens with one attached hydrogen (secondary N) is 1. The Morgan fingerprint density at radius 2 is 2.07 bits per heavy atom. The fraction of sp³-hybridized carbons (Fsp3) is 0.273. The molecule has 0 unspecified atom stereocenters. The lowest BCUT2D eigenvalue weighted by Crippen LogP contribution is -2.23. The number of methoxy groups -OCH3 is 1. The number of carbonyl (C=O) groups is 2. The van der Waals surface area contributed by atoms with Crippen LogP contribution < -0.4 is 15.0 Å². The molecule has 8 heteroatoms. The van der Waals surface area contributed by atoms with Gasteiger partial charge in [0.1, 0.15) is 5.75 Å². The van der Waals surface area contributed by atoms with E-state index in [1.807, 2.05) is 42.5 Å². The van der Waals surface area contributed by atoms with Crippen LogP contribution in [0.2, 0.25) is 0 Å². The lowest BCUT2D eigenvalue weighted by molar-refractivity contribution is -0.117. The third-order valence-electron chi connectivity index (χ3n) is 4.90. The van der Waals surface area contributed by atoms with E-state index in [1.165, 1.54) is 0 Å². The van der Waals surface area contributed by atoms with Gasteiger partial charge in [0.25, 0.3) is 0 Å². The van der Waals surface area contributed by atoms with Crippen LogP contribution in [-0.4, -0.2) is 35.6 Å². The van der Waals surface area contributed by atoms with E-state index >= 15 is 0 Å². The molecule has 1 aromatic heterocycles. The van der Waals surface area contributed by atoms with Gasteiger partial charge in [0.05, 0.1) is 7.11 Å². The first-order valence-corrected chi connectivity index (χ1v) is 9.79. The Labute approximate surface area is 173 Å². The molecule has 1 aliphatic heterocycles. The van der Waals surface area contributed by atoms with Crippen LogP contribution in [0.4, 0.5) is 11.4 Å². The van der Waals surface area contributed by atoms with Gasteiger partial charge in [0, 0.05) is 42.7 Å². The highest BCUT2D eigenvalue weighted by molar-refractivity contribution is 5.97. The predicted molar refractivity (Wildman–Crippen MR) is 111 cm³/mol. The fourth-order valence-electron chi connectivity index (χ4n) is 3.33. The molecule has 0 bridgehead atoms. The quantitative estimate of drug-likeness (QED) is 0.645. The molecule has 1 fully saturated rings. The smallest absolute Gasteiger partial charge is 0.227 e. The maximum atomic E-state index is 12.3. The predicted octanol–water partition coefficient (Wildman–Crippen LogP) is 3.44. The van der Waals surface area contributed by atoms with Gasteiger partial charge in [0.2, 0.25) is 23.5 Å². The van der Waals surface area contributed by atoms with E-state index in [0.29, 0.717) is 36.8 Å². The van der Waals surface area contributed by atoms with Crippen LogP contribution in [0.3, 0.4) is 0 Å². The van der Waals surface area contributed by atoms with Crippen molar-refractivity contribution in [2.75, 3.05) is 23.9 Å². The highest BCUT2D eigenvalue weighted by Gasteiger charge is 2.21. The largest absolute Gasteiger partial charge is 0.497 e. The first-order valence-electron chi connectivity index (χ1n) is 9.79. The van der Waals surface area contributed by atoms with Crippen molar-refractivity contribution in [3.05, 3.63) is 54.4 Å². The van der Waals surface area contributed by atoms with Crippen molar-refractivity contribution >= 4 is 23.2 Å². The summed E-state index contributed by atoms with van der Waals surface area (Å²) in [4.78, 5) is 30.3. The summed E-state index contributed by atoms with van der Waals surface area (Å²) in [5, 5.41) is 6.83. The van der Waals surface area contributed by atoms with Crippen molar-refractivity contribution in [1.29, 1.82) is 0 Å². The number of rotatable bonds is 7. The van der Waals surface area contributed by atoms with Crippen molar-refractivity contribution < 1.29 is 18.8 Å². The zero-order valence-electron chi connectivity index (χ0n) is 16.6. The molecule has 1 N–H and O–H groups in total. The fourth-order valence-corrected chi connectivity index (χ4v) is 3.33. The molecule has 3 aromatic rings. The Bertz CT molecular complexity index is 1050. The lowest BCUT2D eigenvalue weighted by Gasteiger charge is -2.16. The maximum absolute atomic E-state index is 12.3. The molecule has 0 aliphatic carbocycles. The first-order chi connectivity index (χ1) is 14.6. The van der Waals surface area contributed by atoms with Crippen LogP contribution in [0, 0.1) is 0 Å². The van der Waals surface area contributed by atoms with Gasteiger partial charge in [-0.15, -0.1) is 0 Å². The first kappa shape index (κ1) is 19.6. The molecule has 0 saturated carbocycles. The summed E-state index contributed by atoms with van der Waals surface area (Å²) in [6.45, 7) is 0.712. The van der Waals surface area contributed by atoms with Crippen LogP contribution in [0.1, 0.15) is 25.2 Å². The topological polar surface area (TPSA) is 97.6 Å². The van der Waals surface area contributed by atoms with E-state index in [-0.39, 0.29) is 18.2 Å². The molecule has 4 rings (SSSR count). The van der Waals surface area contributed by atoms with E-state index < -0.39 is 0 Å². The number of hydrogen-bond acceptors (Lipinski definition) is 6. The number of anilines is 2. The van der Waals surface area contributed by atoms with Crippen LogP contribution in [-0.2, 0) is 16.0 Å². The number of amides is 2. The van der Waals surface area contributed by atoms with Gasteiger partial charge >= 0.3 is 0 Å². The van der Waals surface area contributed by atoms with Crippen molar-refractivity contribution in [1.82, 2.24) is 10.1 Å². The number of hydrogen-bond donors (Lipinski definition) is 1. The highest BCUT2D eigenvalue weighted by Crippen LogP contribution is 2.24. The zero-order valence-corrected chi connectivity index (χ0v) is 16.6. The van der Waals surface area contributed by atoms with Crippen LogP contribution in [0.25, 0.3) is 11.4 Å². The standard InChI is InChI=1S/C22H22N4O4/c1-29-18-9-7-15(8-10-18)22-24-20(30-25-22)12-11-19(27)23-16-4-2-5-17(14-16)26-13-3-6-21(26)28/h2,4-5,7-10,14H,3,6,11-13H2,1H3,(H,23,27). The summed E-state index contributed by atoms with van der Waals surface area (Å²) in [5.41, 5.74) is 2.27. The highest BCUT2D eigenvalue weighted by atomic mass is 16.5. The Balaban J connectivity index is 1.33. The van der Waals surface area contributed by atoms with E-state index in [9.17, 15) is 9.59 Å². The number of ether oxygens (including phenoxy) is 1. The van der Waals surface area contributed by atoms with E-state index in [4.69, 9.17) is 9.26 Å². The normalized spacial score (nSPS) is 13.5. The molecule has 1 saturated heterocycles. The van der Waals surface area contributed by atoms with Crippen LogP contribution in [0.5, 0.6) is 5.75 Å². The third kappa shape index (κ3) is 4.48. The van der Waals surface area contributed by atoms with Gasteiger partial charge in [-0.2, -0.15) is 4.98 Å². The summed E-state index contributed by atoms with van der Waals surface area (Å²) in [7, 11) is 1.61. The molecular formula is C22H22N4O4. The molecule has 1 aliphatic rings. The second-order valence-electron chi connectivity index (χ2n) is 6.99. The van der Waals surface area contributed by atoms with Crippen molar-refractivity contribution in [2.24, 2.45) is 0 Å². The summed E-state index contributed by atoms with van der Waals surface area (Å²) >= 11 is 0. The third-order valence-corrected chi connectivity index (χ3v) is 4.90. The van der Waals surface area contributed by atoms with Gasteiger partial charge in [-0.25, -0.2) is 0 Å². The van der Waals surface area contributed by atoms with Crippen LogP contribution in [0.15, 0.2) is 53.1 Å². The second-order valence-corrected chi connectivity index (χ2v) is 6.99. The van der Waals surface area contributed by atoms with Gasteiger partial charge in [-0.3, -0.25) is 9.59 Å². The molecule has 2 aromatic carbocycles. The number of nitrogens with zero attached hydrogens (tertiary/aromatic N) is 3. The average Bonchev–Trinajstić information content (AvgIpc) is 3.41. The SMILES string of the molecule is COc1ccc(-c2noc(CCC(=O)Nc3cccc(N4CCCC4=O)c3)n2)cc1. The minimum absolute atomic E-state index is 0.113. The monoisotopic (exact) mass is 406 g/mol. The van der Waals surface area contributed by atoms with Gasteiger partial charge < -0.3 is 19.5 Å². The maximum Gasteiger partial charge on any atom is 0.227 e. The molecule has 0 radical (unpaired) electrons. The number of carbonyl (C=O) groups excluding carboxylic acids is 2. The molecular weight excluding hydrogens is 384 g/mol. The molecule has 30 heavy (non-hydrogen) atoms. The van der Waals surface area contributed by atoms with Crippen molar-refractivity contribution in [2.45, 2.75) is 25.7 Å². The Morgan fingerprint density at radius 1 is 1.23 bits per heavy atom. The zero-order chi connectivity index (χ0) is 20.9. The van der Waals surface area contributed by atoms with E-state index in [2.05, 4.69) is 15.5 Å². The van der Waals surface area contributed by atoms with Gasteiger partial charge in [-0.1, -0.05) is 11.2 Å². The van der Waals surface area contributed by atoms with E-state index in [0.717, 1.165) is 23.4 Å².